The second-order valence-electron chi connectivity index (χ2n) is 6.51. The van der Waals surface area contributed by atoms with Crippen molar-refractivity contribution in [2.24, 2.45) is 0 Å². The van der Waals surface area contributed by atoms with Crippen molar-refractivity contribution in [2.75, 3.05) is 6.26 Å². The van der Waals surface area contributed by atoms with Crippen LogP contribution in [0.2, 0.25) is 0 Å². The maximum absolute atomic E-state index is 11.7. The molecule has 0 aliphatic carbocycles. The summed E-state index contributed by atoms with van der Waals surface area (Å²) in [6.07, 6.45) is 4.46. The van der Waals surface area contributed by atoms with E-state index in [1.54, 1.807) is 36.7 Å². The molecule has 4 rings (SSSR count). The van der Waals surface area contributed by atoms with Crippen molar-refractivity contribution < 1.29 is 8.42 Å². The van der Waals surface area contributed by atoms with Gasteiger partial charge in [0, 0.05) is 24.2 Å². The van der Waals surface area contributed by atoms with Crippen molar-refractivity contribution in [1.82, 2.24) is 19.5 Å². The first-order chi connectivity index (χ1) is 12.9. The Bertz CT molecular complexity index is 1210. The predicted octanol–water partition coefficient (Wildman–Crippen LogP) is 3.25. The molecule has 0 atom stereocenters. The van der Waals surface area contributed by atoms with Gasteiger partial charge < -0.3 is 4.57 Å². The number of fused-ring (bicyclic) bond motifs is 1. The van der Waals surface area contributed by atoms with Crippen LogP contribution in [0.25, 0.3) is 22.7 Å². The molecule has 7 heteroatoms. The molecule has 0 saturated heterocycles. The number of hydrogen-bond donors (Lipinski definition) is 0. The van der Waals surface area contributed by atoms with Crippen molar-refractivity contribution >= 4 is 21.1 Å². The molecule has 2 heterocycles. The van der Waals surface area contributed by atoms with Gasteiger partial charge >= 0.3 is 0 Å². The van der Waals surface area contributed by atoms with Gasteiger partial charge in [-0.05, 0) is 36.8 Å². The molecule has 0 amide bonds. The van der Waals surface area contributed by atoms with Gasteiger partial charge in [0.1, 0.15) is 5.82 Å². The van der Waals surface area contributed by atoms with E-state index in [0.717, 1.165) is 11.1 Å². The third-order valence-electron chi connectivity index (χ3n) is 4.39. The topological polar surface area (TPSA) is 77.7 Å². The van der Waals surface area contributed by atoms with Crippen LogP contribution in [0.3, 0.4) is 0 Å². The molecule has 0 spiro atoms. The van der Waals surface area contributed by atoms with Gasteiger partial charge in [0.15, 0.2) is 21.1 Å². The van der Waals surface area contributed by atoms with E-state index in [-0.39, 0.29) is 4.90 Å². The molecule has 0 N–H and O–H groups in total. The van der Waals surface area contributed by atoms with E-state index < -0.39 is 9.84 Å². The van der Waals surface area contributed by atoms with Gasteiger partial charge in [-0.15, -0.1) is 0 Å². The molecule has 0 radical (unpaired) electrons. The van der Waals surface area contributed by atoms with Crippen LogP contribution in [0.5, 0.6) is 0 Å². The summed E-state index contributed by atoms with van der Waals surface area (Å²) in [5, 5.41) is 0. The fraction of sp³-hybridized carbons (Fsp3) is 0.150. The van der Waals surface area contributed by atoms with Crippen molar-refractivity contribution in [3.8, 4) is 11.4 Å². The van der Waals surface area contributed by atoms with Crippen LogP contribution in [-0.4, -0.2) is 34.2 Å². The molecule has 2 aromatic carbocycles. The monoisotopic (exact) mass is 378 g/mol. The van der Waals surface area contributed by atoms with Crippen LogP contribution in [0.15, 0.2) is 65.8 Å². The number of aryl methyl sites for hydroxylation is 1. The summed E-state index contributed by atoms with van der Waals surface area (Å²) in [7, 11) is -3.24. The number of benzene rings is 2. The number of nitrogens with zero attached hydrogens (tertiary/aromatic N) is 4. The molecule has 0 aliphatic rings. The number of sulfone groups is 1. The molecule has 0 saturated carbocycles. The van der Waals surface area contributed by atoms with Crippen molar-refractivity contribution in [3.63, 3.8) is 0 Å². The second-order valence-corrected chi connectivity index (χ2v) is 8.52. The zero-order chi connectivity index (χ0) is 19.0. The third-order valence-corrected chi connectivity index (χ3v) is 5.51. The van der Waals surface area contributed by atoms with E-state index >= 15 is 0 Å². The fourth-order valence-electron chi connectivity index (χ4n) is 2.95. The average Bonchev–Trinajstić information content (AvgIpc) is 3.02. The number of imidazole rings is 1. The zero-order valence-electron chi connectivity index (χ0n) is 15.0. The normalized spacial score (nSPS) is 11.8. The lowest BCUT2D eigenvalue weighted by Gasteiger charge is -2.09. The fourth-order valence-corrected chi connectivity index (χ4v) is 3.58. The van der Waals surface area contributed by atoms with Crippen LogP contribution < -0.4 is 0 Å². The molecule has 27 heavy (non-hydrogen) atoms. The van der Waals surface area contributed by atoms with Crippen LogP contribution in [-0.2, 0) is 16.4 Å². The summed E-state index contributed by atoms with van der Waals surface area (Å²) in [5.41, 5.74) is 4.39. The molecule has 0 bridgehead atoms. The van der Waals surface area contributed by atoms with Gasteiger partial charge in [-0.3, -0.25) is 0 Å². The summed E-state index contributed by atoms with van der Waals surface area (Å²) in [6, 6.07) is 15.0. The molecule has 136 valence electrons. The van der Waals surface area contributed by atoms with Gasteiger partial charge in [0.05, 0.1) is 11.4 Å². The SMILES string of the molecule is Cc1ccc(Cn2c(-c3ccc(S(C)(=O)=O)cc3)nc3nccnc32)cc1. The van der Waals surface area contributed by atoms with Gasteiger partial charge in [0.2, 0.25) is 0 Å². The molecule has 6 nitrogen and oxygen atoms in total. The first-order valence-electron chi connectivity index (χ1n) is 8.45. The average molecular weight is 378 g/mol. The number of rotatable bonds is 4. The lowest BCUT2D eigenvalue weighted by atomic mass is 10.1. The molecule has 2 aromatic heterocycles. The Morgan fingerprint density at radius 1 is 0.926 bits per heavy atom. The smallest absolute Gasteiger partial charge is 0.198 e. The Hall–Kier alpha value is -3.06. The van der Waals surface area contributed by atoms with Crippen LogP contribution in [0, 0.1) is 6.92 Å². The van der Waals surface area contributed by atoms with Gasteiger partial charge in [-0.25, -0.2) is 23.4 Å². The van der Waals surface area contributed by atoms with Crippen molar-refractivity contribution in [1.29, 1.82) is 0 Å². The predicted molar refractivity (Wildman–Crippen MR) is 104 cm³/mol. The second kappa shape index (κ2) is 6.59. The summed E-state index contributed by atoms with van der Waals surface area (Å²) >= 11 is 0. The lowest BCUT2D eigenvalue weighted by molar-refractivity contribution is 0.602. The van der Waals surface area contributed by atoms with E-state index in [2.05, 4.69) is 46.1 Å². The van der Waals surface area contributed by atoms with E-state index in [1.165, 1.54) is 11.8 Å². The van der Waals surface area contributed by atoms with Crippen LogP contribution >= 0.6 is 0 Å². The third kappa shape index (κ3) is 3.46. The van der Waals surface area contributed by atoms with Crippen LogP contribution in [0.4, 0.5) is 0 Å². The highest BCUT2D eigenvalue weighted by atomic mass is 32.2. The summed E-state index contributed by atoms with van der Waals surface area (Å²) in [4.78, 5) is 13.7. The Labute approximate surface area is 157 Å². The molecular weight excluding hydrogens is 360 g/mol. The Kier molecular flexibility index (Phi) is 4.24. The largest absolute Gasteiger partial charge is 0.303 e. The molecule has 0 aliphatic heterocycles. The quantitative estimate of drug-likeness (QED) is 0.545. The Morgan fingerprint density at radius 2 is 1.59 bits per heavy atom. The first-order valence-corrected chi connectivity index (χ1v) is 10.3. The number of aromatic nitrogens is 4. The van der Waals surface area contributed by atoms with E-state index in [0.29, 0.717) is 23.7 Å². The minimum Gasteiger partial charge on any atom is -0.303 e. The summed E-state index contributed by atoms with van der Waals surface area (Å²) in [6.45, 7) is 2.65. The molecular formula is C20H18N4O2S. The lowest BCUT2D eigenvalue weighted by Crippen LogP contribution is -2.04. The standard InChI is InChI=1S/C20H18N4O2S/c1-14-3-5-15(6-4-14)13-24-19(23-18-20(24)22-12-11-21-18)16-7-9-17(10-8-16)27(2,25)26/h3-12H,13H2,1-2H3. The van der Waals surface area contributed by atoms with Gasteiger partial charge in [0.25, 0.3) is 0 Å². The minimum absolute atomic E-state index is 0.281. The number of hydrogen-bond acceptors (Lipinski definition) is 5. The first kappa shape index (κ1) is 17.4. The van der Waals surface area contributed by atoms with Gasteiger partial charge in [-0.1, -0.05) is 29.8 Å². The van der Waals surface area contributed by atoms with Crippen molar-refractivity contribution in [3.05, 3.63) is 72.1 Å². The maximum atomic E-state index is 11.7. The minimum atomic E-state index is -3.24. The highest BCUT2D eigenvalue weighted by Gasteiger charge is 2.16. The van der Waals surface area contributed by atoms with E-state index in [1.807, 2.05) is 4.57 Å². The highest BCUT2D eigenvalue weighted by molar-refractivity contribution is 7.90. The van der Waals surface area contributed by atoms with E-state index in [4.69, 9.17) is 0 Å². The molecule has 0 unspecified atom stereocenters. The maximum Gasteiger partial charge on any atom is 0.198 e. The highest BCUT2D eigenvalue weighted by Crippen LogP contribution is 2.25. The van der Waals surface area contributed by atoms with Crippen LogP contribution in [0.1, 0.15) is 11.1 Å². The summed E-state index contributed by atoms with van der Waals surface area (Å²) < 4.78 is 25.4. The Balaban J connectivity index is 1.83. The van der Waals surface area contributed by atoms with E-state index in [9.17, 15) is 8.42 Å². The summed E-state index contributed by atoms with van der Waals surface area (Å²) in [5.74, 6) is 0.705. The van der Waals surface area contributed by atoms with Crippen molar-refractivity contribution in [2.45, 2.75) is 18.4 Å². The molecule has 4 aromatic rings. The Morgan fingerprint density at radius 3 is 2.26 bits per heavy atom. The molecule has 0 fully saturated rings. The zero-order valence-corrected chi connectivity index (χ0v) is 15.8. The van der Waals surface area contributed by atoms with Gasteiger partial charge in [-0.2, -0.15) is 0 Å².